The molecule has 0 radical (unpaired) electrons. The summed E-state index contributed by atoms with van der Waals surface area (Å²) in [4.78, 5) is 16.1. The average molecular weight is 353 g/mol. The molecule has 0 spiro atoms. The SMILES string of the molecule is CSc1ncc(CN2CCC(c3nc4ccccc4n3C)CC2)cn1. The Morgan fingerprint density at radius 2 is 1.84 bits per heavy atom. The molecule has 1 aliphatic heterocycles. The van der Waals surface area contributed by atoms with Crippen LogP contribution in [0.25, 0.3) is 11.0 Å². The number of aromatic nitrogens is 4. The highest BCUT2D eigenvalue weighted by Crippen LogP contribution is 2.30. The van der Waals surface area contributed by atoms with Gasteiger partial charge in [0.05, 0.1) is 11.0 Å². The van der Waals surface area contributed by atoms with Crippen molar-refractivity contribution in [3.8, 4) is 0 Å². The van der Waals surface area contributed by atoms with Crippen molar-refractivity contribution in [2.45, 2.75) is 30.5 Å². The summed E-state index contributed by atoms with van der Waals surface area (Å²) in [5, 5.41) is 0.837. The third kappa shape index (κ3) is 3.41. The summed E-state index contributed by atoms with van der Waals surface area (Å²) < 4.78 is 2.27. The zero-order chi connectivity index (χ0) is 17.2. The molecule has 2 aromatic heterocycles. The van der Waals surface area contributed by atoms with E-state index in [1.807, 2.05) is 18.6 Å². The highest BCUT2D eigenvalue weighted by Gasteiger charge is 2.24. The third-order valence-electron chi connectivity index (χ3n) is 5.04. The van der Waals surface area contributed by atoms with Crippen molar-refractivity contribution in [2.75, 3.05) is 19.3 Å². The first-order valence-corrected chi connectivity index (χ1v) is 9.95. The van der Waals surface area contributed by atoms with Crippen LogP contribution in [0.1, 0.15) is 30.1 Å². The highest BCUT2D eigenvalue weighted by atomic mass is 32.2. The number of fused-ring (bicyclic) bond motifs is 1. The third-order valence-corrected chi connectivity index (χ3v) is 5.62. The molecule has 0 saturated carbocycles. The second-order valence-corrected chi connectivity index (χ2v) is 7.42. The fraction of sp³-hybridized carbons (Fsp3) is 0.421. The van der Waals surface area contributed by atoms with Crippen LogP contribution in [-0.2, 0) is 13.6 Å². The molecule has 3 heterocycles. The van der Waals surface area contributed by atoms with E-state index in [4.69, 9.17) is 4.98 Å². The fourth-order valence-electron chi connectivity index (χ4n) is 3.67. The van der Waals surface area contributed by atoms with Crippen molar-refractivity contribution in [1.29, 1.82) is 0 Å². The molecule has 130 valence electrons. The number of aryl methyl sites for hydroxylation is 1. The van der Waals surface area contributed by atoms with Gasteiger partial charge in [0.2, 0.25) is 0 Å². The number of benzene rings is 1. The number of hydrogen-bond donors (Lipinski definition) is 0. The molecular formula is C19H23N5S. The van der Waals surface area contributed by atoms with E-state index in [9.17, 15) is 0 Å². The van der Waals surface area contributed by atoms with Gasteiger partial charge in [0.1, 0.15) is 5.82 Å². The number of piperidine rings is 1. The Hall–Kier alpha value is -1.92. The minimum atomic E-state index is 0.545. The number of hydrogen-bond acceptors (Lipinski definition) is 5. The van der Waals surface area contributed by atoms with Crippen LogP contribution in [0, 0.1) is 0 Å². The van der Waals surface area contributed by atoms with Crippen LogP contribution < -0.4 is 0 Å². The van der Waals surface area contributed by atoms with Gasteiger partial charge in [-0.15, -0.1) is 0 Å². The van der Waals surface area contributed by atoms with E-state index in [0.29, 0.717) is 5.92 Å². The second-order valence-electron chi connectivity index (χ2n) is 6.65. The molecule has 6 heteroatoms. The molecule has 1 aromatic carbocycles. The van der Waals surface area contributed by atoms with Crippen LogP contribution in [0.3, 0.4) is 0 Å². The Bertz CT molecular complexity index is 850. The first-order chi connectivity index (χ1) is 12.2. The Kier molecular flexibility index (Phi) is 4.72. The van der Waals surface area contributed by atoms with Crippen LogP contribution in [-0.4, -0.2) is 43.8 Å². The van der Waals surface area contributed by atoms with E-state index < -0.39 is 0 Å². The largest absolute Gasteiger partial charge is 0.331 e. The van der Waals surface area contributed by atoms with Gasteiger partial charge in [-0.3, -0.25) is 4.90 Å². The van der Waals surface area contributed by atoms with Gasteiger partial charge in [-0.05, 0) is 44.3 Å². The van der Waals surface area contributed by atoms with Crippen molar-refractivity contribution in [3.63, 3.8) is 0 Å². The lowest BCUT2D eigenvalue weighted by atomic mass is 9.95. The lowest BCUT2D eigenvalue weighted by Gasteiger charge is -2.31. The molecule has 0 amide bonds. The van der Waals surface area contributed by atoms with Gasteiger partial charge in [-0.2, -0.15) is 0 Å². The lowest BCUT2D eigenvalue weighted by molar-refractivity contribution is 0.200. The van der Waals surface area contributed by atoms with Crippen LogP contribution in [0.4, 0.5) is 0 Å². The molecule has 0 atom stereocenters. The second kappa shape index (κ2) is 7.14. The molecule has 1 saturated heterocycles. The maximum absolute atomic E-state index is 4.89. The van der Waals surface area contributed by atoms with E-state index >= 15 is 0 Å². The number of nitrogens with zero attached hydrogens (tertiary/aromatic N) is 5. The molecule has 0 aliphatic carbocycles. The first-order valence-electron chi connectivity index (χ1n) is 8.73. The molecular weight excluding hydrogens is 330 g/mol. The summed E-state index contributed by atoms with van der Waals surface area (Å²) in [6.07, 6.45) is 8.22. The number of para-hydroxylation sites is 2. The van der Waals surface area contributed by atoms with Crippen molar-refractivity contribution < 1.29 is 0 Å². The zero-order valence-corrected chi connectivity index (χ0v) is 15.5. The van der Waals surface area contributed by atoms with E-state index in [2.05, 4.69) is 50.7 Å². The molecule has 1 aliphatic rings. The molecule has 0 N–H and O–H groups in total. The molecule has 0 bridgehead atoms. The van der Waals surface area contributed by atoms with E-state index in [1.165, 1.54) is 16.9 Å². The quantitative estimate of drug-likeness (QED) is 0.531. The summed E-state index contributed by atoms with van der Waals surface area (Å²) in [5.74, 6) is 1.78. The van der Waals surface area contributed by atoms with Gasteiger partial charge in [-0.1, -0.05) is 23.9 Å². The zero-order valence-electron chi connectivity index (χ0n) is 14.7. The summed E-state index contributed by atoms with van der Waals surface area (Å²) in [5.41, 5.74) is 3.53. The number of likely N-dealkylation sites (tertiary alicyclic amines) is 1. The first kappa shape index (κ1) is 16.5. The maximum Gasteiger partial charge on any atom is 0.187 e. The number of thioether (sulfide) groups is 1. The van der Waals surface area contributed by atoms with Crippen molar-refractivity contribution in [2.24, 2.45) is 7.05 Å². The van der Waals surface area contributed by atoms with Crippen LogP contribution in [0.2, 0.25) is 0 Å². The topological polar surface area (TPSA) is 46.8 Å². The van der Waals surface area contributed by atoms with E-state index in [-0.39, 0.29) is 0 Å². The Morgan fingerprint density at radius 3 is 2.52 bits per heavy atom. The van der Waals surface area contributed by atoms with Crippen molar-refractivity contribution in [1.82, 2.24) is 24.4 Å². The Balaban J connectivity index is 1.41. The molecule has 4 rings (SSSR count). The minimum absolute atomic E-state index is 0.545. The molecule has 5 nitrogen and oxygen atoms in total. The molecule has 3 aromatic rings. The smallest absolute Gasteiger partial charge is 0.187 e. The highest BCUT2D eigenvalue weighted by molar-refractivity contribution is 7.98. The molecule has 1 fully saturated rings. The predicted molar refractivity (Wildman–Crippen MR) is 102 cm³/mol. The van der Waals surface area contributed by atoms with Crippen molar-refractivity contribution in [3.05, 3.63) is 48.0 Å². The van der Waals surface area contributed by atoms with E-state index in [0.717, 1.165) is 43.1 Å². The van der Waals surface area contributed by atoms with Gasteiger partial charge in [0.15, 0.2) is 5.16 Å². The number of imidazole rings is 1. The summed E-state index contributed by atoms with van der Waals surface area (Å²) in [6.45, 7) is 3.13. The van der Waals surface area contributed by atoms with Crippen molar-refractivity contribution >= 4 is 22.8 Å². The van der Waals surface area contributed by atoms with Gasteiger partial charge in [-0.25, -0.2) is 15.0 Å². The number of rotatable bonds is 4. The van der Waals surface area contributed by atoms with Gasteiger partial charge < -0.3 is 4.57 Å². The summed E-state index contributed by atoms with van der Waals surface area (Å²) >= 11 is 1.58. The van der Waals surface area contributed by atoms with E-state index in [1.54, 1.807) is 11.8 Å². The lowest BCUT2D eigenvalue weighted by Crippen LogP contribution is -2.33. The monoisotopic (exact) mass is 353 g/mol. The Labute approximate surface area is 152 Å². The molecule has 0 unspecified atom stereocenters. The van der Waals surface area contributed by atoms with Gasteiger partial charge in [0, 0.05) is 37.5 Å². The average Bonchev–Trinajstić information content (AvgIpc) is 3.00. The van der Waals surface area contributed by atoms with Gasteiger partial charge in [0.25, 0.3) is 0 Å². The standard InChI is InChI=1S/C19H23N5S/c1-23-17-6-4-3-5-16(17)22-18(23)15-7-9-24(10-8-15)13-14-11-20-19(25-2)21-12-14/h3-6,11-12,15H,7-10,13H2,1-2H3. The summed E-state index contributed by atoms with van der Waals surface area (Å²) in [6, 6.07) is 8.40. The van der Waals surface area contributed by atoms with Crippen LogP contribution in [0.5, 0.6) is 0 Å². The minimum Gasteiger partial charge on any atom is -0.331 e. The fourth-order valence-corrected chi connectivity index (χ4v) is 3.98. The predicted octanol–water partition coefficient (Wildman–Crippen LogP) is 3.46. The van der Waals surface area contributed by atoms with Gasteiger partial charge >= 0.3 is 0 Å². The molecule has 25 heavy (non-hydrogen) atoms. The summed E-state index contributed by atoms with van der Waals surface area (Å²) in [7, 11) is 2.14. The van der Waals surface area contributed by atoms with Crippen LogP contribution in [0.15, 0.2) is 41.8 Å². The van der Waals surface area contributed by atoms with Crippen LogP contribution >= 0.6 is 11.8 Å². The maximum atomic E-state index is 4.89. The Morgan fingerprint density at radius 1 is 1.12 bits per heavy atom. The normalized spacial score (nSPS) is 16.6.